The van der Waals surface area contributed by atoms with Crippen LogP contribution in [0.2, 0.25) is 0 Å². The zero-order valence-corrected chi connectivity index (χ0v) is 14.8. The fourth-order valence-electron chi connectivity index (χ4n) is 3.58. The Kier molecular flexibility index (Phi) is 5.11. The van der Waals surface area contributed by atoms with Crippen LogP contribution in [-0.2, 0) is 14.3 Å². The van der Waals surface area contributed by atoms with Gasteiger partial charge < -0.3 is 20.1 Å². The van der Waals surface area contributed by atoms with E-state index in [1.807, 2.05) is 35.2 Å². The van der Waals surface area contributed by atoms with Crippen LogP contribution >= 0.6 is 0 Å². The van der Waals surface area contributed by atoms with Crippen LogP contribution in [0.1, 0.15) is 37.8 Å². The molecule has 1 aliphatic carbocycles. The molecule has 2 aliphatic rings. The smallest absolute Gasteiger partial charge is 0.246 e. The predicted molar refractivity (Wildman–Crippen MR) is 92.7 cm³/mol. The summed E-state index contributed by atoms with van der Waals surface area (Å²) < 4.78 is 4.90. The summed E-state index contributed by atoms with van der Waals surface area (Å²) in [6.07, 6.45) is 2.27. The number of piperidine rings is 1. The molecule has 2 N–H and O–H groups in total. The Bertz CT molecular complexity index is 628. The lowest BCUT2D eigenvalue weighted by Crippen LogP contribution is -2.63. The summed E-state index contributed by atoms with van der Waals surface area (Å²) in [6.45, 7) is 2.13. The number of amides is 2. The molecule has 1 saturated heterocycles. The second kappa shape index (κ2) is 7.14. The molecule has 1 saturated carbocycles. The number of nitrogens with one attached hydrogen (secondary N) is 1. The van der Waals surface area contributed by atoms with Crippen LogP contribution in [0.15, 0.2) is 30.3 Å². The Balaban J connectivity index is 1.95. The fourth-order valence-corrected chi connectivity index (χ4v) is 3.58. The van der Waals surface area contributed by atoms with Crippen molar-refractivity contribution in [1.82, 2.24) is 10.2 Å². The molecule has 1 aromatic carbocycles. The van der Waals surface area contributed by atoms with E-state index in [0.29, 0.717) is 13.0 Å². The molecule has 3 atom stereocenters. The van der Waals surface area contributed by atoms with Crippen molar-refractivity contribution in [1.29, 1.82) is 0 Å². The average molecular weight is 346 g/mol. The maximum absolute atomic E-state index is 12.8. The van der Waals surface area contributed by atoms with Crippen molar-refractivity contribution in [3.63, 3.8) is 0 Å². The summed E-state index contributed by atoms with van der Waals surface area (Å²) in [4.78, 5) is 26.8. The molecule has 1 heterocycles. The minimum absolute atomic E-state index is 0.0787. The fraction of sp³-hybridized carbons (Fsp3) is 0.579. The molecule has 0 spiro atoms. The van der Waals surface area contributed by atoms with E-state index in [1.165, 1.54) is 7.11 Å². The molecule has 2 amide bonds. The van der Waals surface area contributed by atoms with E-state index in [0.717, 1.165) is 18.4 Å². The third kappa shape index (κ3) is 3.85. The number of carbonyl (C=O) groups is 2. The molecule has 3 rings (SSSR count). The Labute approximate surface area is 148 Å². The van der Waals surface area contributed by atoms with Gasteiger partial charge >= 0.3 is 0 Å². The summed E-state index contributed by atoms with van der Waals surface area (Å²) >= 11 is 0. The number of hydrogen-bond donors (Lipinski definition) is 2. The standard InChI is InChI=1S/C19H26N2O4/c1-19(24)10-11-21(18(23)14-8-9-14)16(13-6-4-3-5-7-13)17(19)20-15(22)12-25-2/h3-7,14,16-17,24H,8-12H2,1-2H3,(H,20,22). The molecule has 3 unspecified atom stereocenters. The van der Waals surface area contributed by atoms with Gasteiger partial charge in [0.1, 0.15) is 6.61 Å². The third-order valence-electron chi connectivity index (χ3n) is 5.12. The first kappa shape index (κ1) is 17.9. The Morgan fingerprint density at radius 1 is 1.32 bits per heavy atom. The molecule has 1 aliphatic heterocycles. The number of carbonyl (C=O) groups excluding carboxylic acids is 2. The maximum Gasteiger partial charge on any atom is 0.246 e. The maximum atomic E-state index is 12.8. The van der Waals surface area contributed by atoms with Gasteiger partial charge in [-0.3, -0.25) is 9.59 Å². The Morgan fingerprint density at radius 2 is 2.00 bits per heavy atom. The van der Waals surface area contributed by atoms with Gasteiger partial charge in [0.05, 0.1) is 17.7 Å². The van der Waals surface area contributed by atoms with Gasteiger partial charge in [-0.05, 0) is 31.7 Å². The average Bonchev–Trinajstić information content (AvgIpc) is 3.42. The number of benzene rings is 1. The highest BCUT2D eigenvalue weighted by Crippen LogP contribution is 2.41. The lowest BCUT2D eigenvalue weighted by molar-refractivity contribution is -0.148. The molecule has 6 nitrogen and oxygen atoms in total. The van der Waals surface area contributed by atoms with Gasteiger partial charge in [-0.15, -0.1) is 0 Å². The van der Waals surface area contributed by atoms with Gasteiger partial charge in [-0.2, -0.15) is 0 Å². The molecule has 25 heavy (non-hydrogen) atoms. The number of methoxy groups -OCH3 is 1. The van der Waals surface area contributed by atoms with Crippen molar-refractivity contribution in [2.45, 2.75) is 43.9 Å². The third-order valence-corrected chi connectivity index (χ3v) is 5.12. The predicted octanol–water partition coefficient (Wildman–Crippen LogP) is 1.25. The number of rotatable bonds is 5. The van der Waals surface area contributed by atoms with E-state index >= 15 is 0 Å². The normalized spacial score (nSPS) is 29.3. The van der Waals surface area contributed by atoms with Gasteiger partial charge in [0.15, 0.2) is 0 Å². The van der Waals surface area contributed by atoms with Gasteiger partial charge in [-0.1, -0.05) is 30.3 Å². The Morgan fingerprint density at radius 3 is 2.60 bits per heavy atom. The Hall–Kier alpha value is -1.92. The lowest BCUT2D eigenvalue weighted by atomic mass is 9.79. The minimum atomic E-state index is -1.11. The van der Waals surface area contributed by atoms with E-state index < -0.39 is 11.6 Å². The number of hydrogen-bond acceptors (Lipinski definition) is 4. The number of nitrogens with zero attached hydrogens (tertiary/aromatic N) is 1. The quantitative estimate of drug-likeness (QED) is 0.841. The lowest BCUT2D eigenvalue weighted by Gasteiger charge is -2.49. The minimum Gasteiger partial charge on any atom is -0.388 e. The van der Waals surface area contributed by atoms with Crippen molar-refractivity contribution >= 4 is 11.8 Å². The van der Waals surface area contributed by atoms with Gasteiger partial charge in [0.2, 0.25) is 11.8 Å². The zero-order chi connectivity index (χ0) is 18.0. The monoisotopic (exact) mass is 346 g/mol. The van der Waals surface area contributed by atoms with Crippen LogP contribution in [0.4, 0.5) is 0 Å². The van der Waals surface area contributed by atoms with Crippen LogP contribution in [0, 0.1) is 5.92 Å². The van der Waals surface area contributed by atoms with Crippen molar-refractivity contribution in [2.24, 2.45) is 5.92 Å². The van der Waals surface area contributed by atoms with Crippen molar-refractivity contribution < 1.29 is 19.4 Å². The second-order valence-corrected chi connectivity index (χ2v) is 7.25. The highest BCUT2D eigenvalue weighted by molar-refractivity contribution is 5.82. The SMILES string of the molecule is COCC(=O)NC1C(c2ccccc2)N(C(=O)C2CC2)CCC1(C)O. The van der Waals surface area contributed by atoms with Gasteiger partial charge in [0, 0.05) is 19.6 Å². The van der Waals surface area contributed by atoms with Gasteiger partial charge in [-0.25, -0.2) is 0 Å². The van der Waals surface area contributed by atoms with Crippen LogP contribution in [-0.4, -0.2) is 53.7 Å². The van der Waals surface area contributed by atoms with Crippen LogP contribution in [0.3, 0.4) is 0 Å². The summed E-state index contributed by atoms with van der Waals surface area (Å²) in [5.74, 6) is -0.0886. The van der Waals surface area contributed by atoms with Crippen molar-refractivity contribution in [3.8, 4) is 0 Å². The number of ether oxygens (including phenoxy) is 1. The molecular weight excluding hydrogens is 320 g/mol. The van der Waals surface area contributed by atoms with E-state index in [9.17, 15) is 14.7 Å². The van der Waals surface area contributed by atoms with E-state index in [-0.39, 0.29) is 30.4 Å². The molecule has 0 radical (unpaired) electrons. The topological polar surface area (TPSA) is 78.9 Å². The first-order valence-corrected chi connectivity index (χ1v) is 8.80. The summed E-state index contributed by atoms with van der Waals surface area (Å²) in [6, 6.07) is 8.63. The molecule has 6 heteroatoms. The van der Waals surface area contributed by atoms with Crippen molar-refractivity contribution in [2.75, 3.05) is 20.3 Å². The largest absolute Gasteiger partial charge is 0.388 e. The van der Waals surface area contributed by atoms with Gasteiger partial charge in [0.25, 0.3) is 0 Å². The molecular formula is C19H26N2O4. The first-order chi connectivity index (χ1) is 11.9. The molecule has 0 aromatic heterocycles. The summed E-state index contributed by atoms with van der Waals surface area (Å²) in [5.41, 5.74) is -0.191. The summed E-state index contributed by atoms with van der Waals surface area (Å²) in [5, 5.41) is 13.8. The van der Waals surface area contributed by atoms with Crippen LogP contribution < -0.4 is 5.32 Å². The molecule has 2 fully saturated rings. The van der Waals surface area contributed by atoms with Crippen LogP contribution in [0.5, 0.6) is 0 Å². The van der Waals surface area contributed by atoms with Crippen molar-refractivity contribution in [3.05, 3.63) is 35.9 Å². The van der Waals surface area contributed by atoms with E-state index in [1.54, 1.807) is 6.92 Å². The van der Waals surface area contributed by atoms with E-state index in [4.69, 9.17) is 4.74 Å². The number of aliphatic hydroxyl groups is 1. The van der Waals surface area contributed by atoms with E-state index in [2.05, 4.69) is 5.32 Å². The van der Waals surface area contributed by atoms with Crippen LogP contribution in [0.25, 0.3) is 0 Å². The molecule has 1 aromatic rings. The number of likely N-dealkylation sites (tertiary alicyclic amines) is 1. The second-order valence-electron chi connectivity index (χ2n) is 7.25. The summed E-state index contributed by atoms with van der Waals surface area (Å²) in [7, 11) is 1.45. The molecule has 0 bridgehead atoms. The molecule has 136 valence electrons. The highest BCUT2D eigenvalue weighted by Gasteiger charge is 2.49. The zero-order valence-electron chi connectivity index (χ0n) is 14.8. The first-order valence-electron chi connectivity index (χ1n) is 8.80. The highest BCUT2D eigenvalue weighted by atomic mass is 16.5.